The molecule has 2 rings (SSSR count). The molecule has 1 aromatic carbocycles. The Morgan fingerprint density at radius 3 is 2.50 bits per heavy atom. The van der Waals surface area contributed by atoms with Crippen LogP contribution in [0.3, 0.4) is 0 Å². The summed E-state index contributed by atoms with van der Waals surface area (Å²) in [6.45, 7) is 9.49. The molecular weight excluding hydrogens is 278 g/mol. The Kier molecular flexibility index (Phi) is 5.11. The molecule has 4 heteroatoms. The Hall–Kier alpha value is -1.97. The van der Waals surface area contributed by atoms with Crippen molar-refractivity contribution in [2.45, 2.75) is 46.1 Å². The first-order valence-corrected chi connectivity index (χ1v) is 7.93. The van der Waals surface area contributed by atoms with Gasteiger partial charge in [-0.2, -0.15) is 0 Å². The Balaban J connectivity index is 2.18. The Morgan fingerprint density at radius 1 is 1.23 bits per heavy atom. The third-order valence-electron chi connectivity index (χ3n) is 3.92. The van der Waals surface area contributed by atoms with E-state index in [0.29, 0.717) is 12.4 Å². The van der Waals surface area contributed by atoms with Gasteiger partial charge in [-0.1, -0.05) is 25.5 Å². The van der Waals surface area contributed by atoms with Crippen LogP contribution in [-0.2, 0) is 4.74 Å². The minimum absolute atomic E-state index is 0.254. The largest absolute Gasteiger partial charge is 0.494 e. The van der Waals surface area contributed by atoms with E-state index >= 15 is 0 Å². The van der Waals surface area contributed by atoms with Crippen molar-refractivity contribution in [1.82, 2.24) is 4.90 Å². The van der Waals surface area contributed by atoms with Crippen LogP contribution in [0.4, 0.5) is 4.79 Å². The highest BCUT2D eigenvalue weighted by Gasteiger charge is 2.44. The molecule has 1 aliphatic heterocycles. The number of benzene rings is 1. The van der Waals surface area contributed by atoms with Crippen molar-refractivity contribution in [3.63, 3.8) is 0 Å². The lowest BCUT2D eigenvalue weighted by molar-refractivity contribution is 0.156. The summed E-state index contributed by atoms with van der Waals surface area (Å²) in [7, 11) is 0. The normalized spacial score (nSPS) is 18.6. The topological polar surface area (TPSA) is 38.8 Å². The van der Waals surface area contributed by atoms with Crippen LogP contribution in [0.1, 0.15) is 46.1 Å². The van der Waals surface area contributed by atoms with Crippen LogP contribution in [0.15, 0.2) is 30.0 Å². The minimum Gasteiger partial charge on any atom is -0.494 e. The Bertz CT molecular complexity index is 546. The molecule has 0 unspecified atom stereocenters. The van der Waals surface area contributed by atoms with Crippen LogP contribution >= 0.6 is 0 Å². The highest BCUT2D eigenvalue weighted by molar-refractivity contribution is 5.76. The second-order valence-electron chi connectivity index (χ2n) is 5.94. The van der Waals surface area contributed by atoms with Gasteiger partial charge in [-0.25, -0.2) is 4.79 Å². The molecule has 1 saturated heterocycles. The fourth-order valence-corrected chi connectivity index (χ4v) is 2.51. The van der Waals surface area contributed by atoms with Gasteiger partial charge in [0.2, 0.25) is 0 Å². The highest BCUT2D eigenvalue weighted by atomic mass is 16.6. The van der Waals surface area contributed by atoms with E-state index in [1.807, 2.05) is 51.1 Å². The standard InChI is InChI=1S/C18H25NO3/c1-5-7-12-19-17(20)22-16(18(19,3)4)13-14-8-10-15(11-9-14)21-6-2/h8-11,13H,5-7,12H2,1-4H3/b16-13-. The lowest BCUT2D eigenvalue weighted by Crippen LogP contribution is -2.41. The van der Waals surface area contributed by atoms with Gasteiger partial charge in [-0.15, -0.1) is 0 Å². The van der Waals surface area contributed by atoms with Gasteiger partial charge < -0.3 is 9.47 Å². The lowest BCUT2D eigenvalue weighted by Gasteiger charge is -2.28. The molecule has 0 N–H and O–H groups in total. The molecule has 120 valence electrons. The maximum atomic E-state index is 12.1. The first-order chi connectivity index (χ1) is 10.5. The molecule has 1 aliphatic rings. The second kappa shape index (κ2) is 6.86. The zero-order valence-electron chi connectivity index (χ0n) is 13.9. The number of hydrogen-bond donors (Lipinski definition) is 0. The summed E-state index contributed by atoms with van der Waals surface area (Å²) in [5.74, 6) is 1.54. The number of ether oxygens (including phenoxy) is 2. The van der Waals surface area contributed by atoms with E-state index in [2.05, 4.69) is 6.92 Å². The first kappa shape index (κ1) is 16.4. The van der Waals surface area contributed by atoms with Crippen molar-refractivity contribution in [2.75, 3.05) is 13.2 Å². The fraction of sp³-hybridized carbons (Fsp3) is 0.500. The summed E-state index contributed by atoms with van der Waals surface area (Å²) < 4.78 is 10.9. The van der Waals surface area contributed by atoms with Crippen molar-refractivity contribution in [1.29, 1.82) is 0 Å². The summed E-state index contributed by atoms with van der Waals surface area (Å²) in [6.07, 6.45) is 3.71. The molecule has 0 atom stereocenters. The summed E-state index contributed by atoms with van der Waals surface area (Å²) in [5.41, 5.74) is 0.585. The molecule has 22 heavy (non-hydrogen) atoms. The van der Waals surface area contributed by atoms with Gasteiger partial charge >= 0.3 is 6.09 Å². The van der Waals surface area contributed by atoms with Crippen molar-refractivity contribution < 1.29 is 14.3 Å². The molecule has 1 aromatic rings. The van der Waals surface area contributed by atoms with Crippen LogP contribution in [-0.4, -0.2) is 29.7 Å². The summed E-state index contributed by atoms with van der Waals surface area (Å²) in [4.78, 5) is 13.9. The molecule has 0 aromatic heterocycles. The molecule has 4 nitrogen and oxygen atoms in total. The zero-order valence-corrected chi connectivity index (χ0v) is 13.9. The van der Waals surface area contributed by atoms with Gasteiger partial charge in [0.1, 0.15) is 11.5 Å². The highest BCUT2D eigenvalue weighted by Crippen LogP contribution is 2.35. The van der Waals surface area contributed by atoms with E-state index in [9.17, 15) is 4.79 Å². The van der Waals surface area contributed by atoms with Crippen molar-refractivity contribution in [3.8, 4) is 5.75 Å². The van der Waals surface area contributed by atoms with E-state index in [1.54, 1.807) is 4.90 Å². The quantitative estimate of drug-likeness (QED) is 0.779. The number of hydrogen-bond acceptors (Lipinski definition) is 3. The average Bonchev–Trinajstić information content (AvgIpc) is 2.69. The van der Waals surface area contributed by atoms with Crippen LogP contribution in [0.25, 0.3) is 6.08 Å². The molecular formula is C18H25NO3. The van der Waals surface area contributed by atoms with Gasteiger partial charge in [0, 0.05) is 6.54 Å². The first-order valence-electron chi connectivity index (χ1n) is 7.93. The smallest absolute Gasteiger partial charge is 0.415 e. The van der Waals surface area contributed by atoms with E-state index in [0.717, 1.165) is 30.7 Å². The summed E-state index contributed by atoms with van der Waals surface area (Å²) in [6, 6.07) is 7.79. The number of amides is 1. The van der Waals surface area contributed by atoms with E-state index in [-0.39, 0.29) is 6.09 Å². The second-order valence-corrected chi connectivity index (χ2v) is 5.94. The minimum atomic E-state index is -0.412. The third-order valence-corrected chi connectivity index (χ3v) is 3.92. The maximum Gasteiger partial charge on any atom is 0.415 e. The number of nitrogens with zero attached hydrogens (tertiary/aromatic N) is 1. The molecule has 1 heterocycles. The van der Waals surface area contributed by atoms with Gasteiger partial charge in [-0.05, 0) is 51.0 Å². The molecule has 0 saturated carbocycles. The number of cyclic esters (lactones) is 1. The molecule has 0 aliphatic carbocycles. The van der Waals surface area contributed by atoms with Crippen molar-refractivity contribution >= 4 is 12.2 Å². The molecule has 1 fully saturated rings. The van der Waals surface area contributed by atoms with E-state index in [4.69, 9.17) is 9.47 Å². The van der Waals surface area contributed by atoms with E-state index in [1.165, 1.54) is 0 Å². The molecule has 0 radical (unpaired) electrons. The summed E-state index contributed by atoms with van der Waals surface area (Å²) in [5, 5.41) is 0. The summed E-state index contributed by atoms with van der Waals surface area (Å²) >= 11 is 0. The molecule has 0 bridgehead atoms. The van der Waals surface area contributed by atoms with Crippen LogP contribution in [0, 0.1) is 0 Å². The van der Waals surface area contributed by atoms with E-state index < -0.39 is 5.54 Å². The zero-order chi connectivity index (χ0) is 16.2. The Morgan fingerprint density at radius 2 is 1.91 bits per heavy atom. The van der Waals surface area contributed by atoms with Crippen LogP contribution < -0.4 is 4.74 Å². The Labute approximate surface area is 132 Å². The van der Waals surface area contributed by atoms with Gasteiger partial charge in [0.05, 0.1) is 12.1 Å². The number of carbonyl (C=O) groups is 1. The average molecular weight is 303 g/mol. The van der Waals surface area contributed by atoms with Crippen LogP contribution in [0.5, 0.6) is 5.75 Å². The third kappa shape index (κ3) is 3.43. The number of unbranched alkanes of at least 4 members (excludes halogenated alkanes) is 1. The monoisotopic (exact) mass is 303 g/mol. The number of rotatable bonds is 6. The molecule has 0 spiro atoms. The lowest BCUT2D eigenvalue weighted by atomic mass is 9.99. The predicted octanol–water partition coefficient (Wildman–Crippen LogP) is 4.46. The van der Waals surface area contributed by atoms with Crippen molar-refractivity contribution in [2.24, 2.45) is 0 Å². The number of carbonyl (C=O) groups excluding carboxylic acids is 1. The maximum absolute atomic E-state index is 12.1. The van der Waals surface area contributed by atoms with Gasteiger partial charge in [-0.3, -0.25) is 4.90 Å². The van der Waals surface area contributed by atoms with Gasteiger partial charge in [0.25, 0.3) is 0 Å². The van der Waals surface area contributed by atoms with Crippen molar-refractivity contribution in [3.05, 3.63) is 35.6 Å². The fourth-order valence-electron chi connectivity index (χ4n) is 2.51. The van der Waals surface area contributed by atoms with Crippen LogP contribution in [0.2, 0.25) is 0 Å². The molecule has 1 amide bonds. The van der Waals surface area contributed by atoms with Gasteiger partial charge in [0.15, 0.2) is 0 Å². The SMILES string of the molecule is CCCCN1C(=O)O/C(=C\c2ccc(OCC)cc2)C1(C)C. The predicted molar refractivity (Wildman–Crippen MR) is 87.8 cm³/mol.